The minimum atomic E-state index is 0.140. The molecule has 3 nitrogen and oxygen atoms in total. The SMILES string of the molecule is CCCC(CCC)C(=O)NCc1cc(Br)cc2c1OCC2. The van der Waals surface area contributed by atoms with Crippen molar-refractivity contribution in [3.05, 3.63) is 27.7 Å². The van der Waals surface area contributed by atoms with Gasteiger partial charge in [0.15, 0.2) is 0 Å². The molecule has 21 heavy (non-hydrogen) atoms. The van der Waals surface area contributed by atoms with Gasteiger partial charge >= 0.3 is 0 Å². The predicted molar refractivity (Wildman–Crippen MR) is 88.5 cm³/mol. The largest absolute Gasteiger partial charge is 0.493 e. The highest BCUT2D eigenvalue weighted by Crippen LogP contribution is 2.33. The molecule has 116 valence electrons. The summed E-state index contributed by atoms with van der Waals surface area (Å²) < 4.78 is 6.75. The Hall–Kier alpha value is -1.03. The first-order chi connectivity index (χ1) is 10.2. The molecule has 0 unspecified atom stereocenters. The minimum absolute atomic E-state index is 0.140. The van der Waals surface area contributed by atoms with Gasteiger partial charge < -0.3 is 10.1 Å². The van der Waals surface area contributed by atoms with E-state index < -0.39 is 0 Å². The fourth-order valence-corrected chi connectivity index (χ4v) is 3.46. The normalized spacial score (nSPS) is 13.1. The van der Waals surface area contributed by atoms with Crippen LogP contribution in [0.1, 0.15) is 50.7 Å². The third-order valence-corrected chi connectivity index (χ3v) is 4.38. The maximum atomic E-state index is 12.3. The topological polar surface area (TPSA) is 38.3 Å². The van der Waals surface area contributed by atoms with Crippen molar-refractivity contribution in [3.8, 4) is 5.75 Å². The molecule has 1 amide bonds. The summed E-state index contributed by atoms with van der Waals surface area (Å²) in [4.78, 5) is 12.3. The molecule has 0 radical (unpaired) electrons. The van der Waals surface area contributed by atoms with E-state index in [4.69, 9.17) is 4.74 Å². The van der Waals surface area contributed by atoms with E-state index in [2.05, 4.69) is 41.2 Å². The maximum absolute atomic E-state index is 12.3. The van der Waals surface area contributed by atoms with E-state index >= 15 is 0 Å². The molecule has 1 aliphatic rings. The Labute approximate surface area is 135 Å². The van der Waals surface area contributed by atoms with Crippen molar-refractivity contribution in [1.29, 1.82) is 0 Å². The van der Waals surface area contributed by atoms with Gasteiger partial charge in [-0.3, -0.25) is 4.79 Å². The zero-order valence-corrected chi connectivity index (χ0v) is 14.5. The highest BCUT2D eigenvalue weighted by atomic mass is 79.9. The summed E-state index contributed by atoms with van der Waals surface area (Å²) >= 11 is 3.53. The van der Waals surface area contributed by atoms with Crippen LogP contribution in [0.3, 0.4) is 0 Å². The second kappa shape index (κ2) is 7.83. The molecular weight excluding hydrogens is 330 g/mol. The molecule has 0 bridgehead atoms. The third kappa shape index (κ3) is 4.22. The van der Waals surface area contributed by atoms with Crippen LogP contribution < -0.4 is 10.1 Å². The van der Waals surface area contributed by atoms with Crippen LogP contribution in [0.5, 0.6) is 5.75 Å². The molecule has 0 fully saturated rings. The molecule has 0 aliphatic carbocycles. The third-order valence-electron chi connectivity index (χ3n) is 3.92. The Morgan fingerprint density at radius 3 is 2.71 bits per heavy atom. The molecule has 0 aromatic heterocycles. The van der Waals surface area contributed by atoms with E-state index in [1.54, 1.807) is 0 Å². The Bertz CT molecular complexity index is 496. The molecule has 1 aromatic carbocycles. The monoisotopic (exact) mass is 353 g/mol. The van der Waals surface area contributed by atoms with Crippen LogP contribution in [0, 0.1) is 5.92 Å². The number of rotatable bonds is 7. The molecule has 0 spiro atoms. The van der Waals surface area contributed by atoms with Crippen LogP contribution in [0.15, 0.2) is 16.6 Å². The van der Waals surface area contributed by atoms with Gasteiger partial charge in [0.05, 0.1) is 6.61 Å². The Morgan fingerprint density at radius 1 is 1.33 bits per heavy atom. The van der Waals surface area contributed by atoms with E-state index in [0.29, 0.717) is 6.54 Å². The van der Waals surface area contributed by atoms with Crippen LogP contribution in [0.2, 0.25) is 0 Å². The smallest absolute Gasteiger partial charge is 0.223 e. The summed E-state index contributed by atoms with van der Waals surface area (Å²) in [6.45, 7) is 5.54. The van der Waals surface area contributed by atoms with E-state index in [-0.39, 0.29) is 11.8 Å². The molecule has 1 heterocycles. The summed E-state index contributed by atoms with van der Waals surface area (Å²) in [5.74, 6) is 1.27. The molecule has 1 aliphatic heterocycles. The number of halogens is 1. The fourth-order valence-electron chi connectivity index (χ4n) is 2.91. The quantitative estimate of drug-likeness (QED) is 0.796. The lowest BCUT2D eigenvalue weighted by Crippen LogP contribution is -2.30. The molecule has 0 saturated heterocycles. The van der Waals surface area contributed by atoms with Gasteiger partial charge in [-0.05, 0) is 30.5 Å². The summed E-state index contributed by atoms with van der Waals surface area (Å²) in [6.07, 6.45) is 4.98. The number of fused-ring (bicyclic) bond motifs is 1. The fraction of sp³-hybridized carbons (Fsp3) is 0.588. The van der Waals surface area contributed by atoms with Crippen molar-refractivity contribution in [2.75, 3.05) is 6.61 Å². The van der Waals surface area contributed by atoms with Crippen molar-refractivity contribution in [1.82, 2.24) is 5.32 Å². The number of hydrogen-bond acceptors (Lipinski definition) is 2. The van der Waals surface area contributed by atoms with Gasteiger partial charge in [0, 0.05) is 28.9 Å². The van der Waals surface area contributed by atoms with Crippen molar-refractivity contribution in [2.45, 2.75) is 52.5 Å². The number of nitrogens with one attached hydrogen (secondary N) is 1. The van der Waals surface area contributed by atoms with E-state index in [1.807, 2.05) is 6.07 Å². The van der Waals surface area contributed by atoms with Crippen LogP contribution in [0.4, 0.5) is 0 Å². The zero-order valence-electron chi connectivity index (χ0n) is 12.9. The first kappa shape index (κ1) is 16.3. The van der Waals surface area contributed by atoms with Crippen LogP contribution in [-0.2, 0) is 17.8 Å². The highest BCUT2D eigenvalue weighted by Gasteiger charge is 2.20. The van der Waals surface area contributed by atoms with Crippen molar-refractivity contribution in [3.63, 3.8) is 0 Å². The zero-order chi connectivity index (χ0) is 15.2. The van der Waals surface area contributed by atoms with Crippen LogP contribution >= 0.6 is 15.9 Å². The second-order valence-electron chi connectivity index (χ2n) is 5.64. The molecule has 1 aromatic rings. The maximum Gasteiger partial charge on any atom is 0.223 e. The number of hydrogen-bond donors (Lipinski definition) is 1. The Morgan fingerprint density at radius 2 is 2.05 bits per heavy atom. The first-order valence-electron chi connectivity index (χ1n) is 7.87. The molecule has 0 saturated carbocycles. The lowest BCUT2D eigenvalue weighted by molar-refractivity contribution is -0.125. The van der Waals surface area contributed by atoms with Gasteiger partial charge in [0.25, 0.3) is 0 Å². The molecule has 0 atom stereocenters. The lowest BCUT2D eigenvalue weighted by Gasteiger charge is -2.16. The van der Waals surface area contributed by atoms with Crippen molar-refractivity contribution >= 4 is 21.8 Å². The number of carbonyl (C=O) groups is 1. The van der Waals surface area contributed by atoms with Crippen molar-refractivity contribution in [2.24, 2.45) is 5.92 Å². The molecule has 4 heteroatoms. The van der Waals surface area contributed by atoms with E-state index in [9.17, 15) is 4.79 Å². The average Bonchev–Trinajstić information content (AvgIpc) is 2.92. The molecular formula is C17H24BrNO2. The molecule has 1 N–H and O–H groups in total. The van der Waals surface area contributed by atoms with E-state index in [1.165, 1.54) is 5.56 Å². The van der Waals surface area contributed by atoms with Gasteiger partial charge in [-0.15, -0.1) is 0 Å². The Balaban J connectivity index is 2.01. The Kier molecular flexibility index (Phi) is 6.09. The standard InChI is InChI=1S/C17H24BrNO2/c1-3-5-12(6-4-2)17(20)19-11-14-10-15(18)9-13-7-8-21-16(13)14/h9-10,12H,3-8,11H2,1-2H3,(H,19,20). The van der Waals surface area contributed by atoms with Gasteiger partial charge in [0.1, 0.15) is 5.75 Å². The average molecular weight is 354 g/mol. The molecule has 2 rings (SSSR count). The summed E-state index contributed by atoms with van der Waals surface area (Å²) in [5.41, 5.74) is 2.30. The minimum Gasteiger partial charge on any atom is -0.493 e. The highest BCUT2D eigenvalue weighted by molar-refractivity contribution is 9.10. The van der Waals surface area contributed by atoms with E-state index in [0.717, 1.165) is 54.5 Å². The summed E-state index contributed by atoms with van der Waals surface area (Å²) in [7, 11) is 0. The van der Waals surface area contributed by atoms with Gasteiger partial charge in [-0.25, -0.2) is 0 Å². The lowest BCUT2D eigenvalue weighted by atomic mass is 9.97. The van der Waals surface area contributed by atoms with Gasteiger partial charge in [-0.2, -0.15) is 0 Å². The number of ether oxygens (including phenoxy) is 1. The second-order valence-corrected chi connectivity index (χ2v) is 6.56. The van der Waals surface area contributed by atoms with Gasteiger partial charge in [0.2, 0.25) is 5.91 Å². The van der Waals surface area contributed by atoms with Crippen LogP contribution in [-0.4, -0.2) is 12.5 Å². The van der Waals surface area contributed by atoms with Crippen molar-refractivity contribution < 1.29 is 9.53 Å². The summed E-state index contributed by atoms with van der Waals surface area (Å²) in [6, 6.07) is 4.14. The van der Waals surface area contributed by atoms with Gasteiger partial charge in [-0.1, -0.05) is 42.6 Å². The van der Waals surface area contributed by atoms with Crippen LogP contribution in [0.25, 0.3) is 0 Å². The number of carbonyl (C=O) groups excluding carboxylic acids is 1. The number of amides is 1. The number of benzene rings is 1. The summed E-state index contributed by atoms with van der Waals surface area (Å²) in [5, 5.41) is 3.09. The predicted octanol–water partition coefficient (Wildman–Crippen LogP) is 4.22. The first-order valence-corrected chi connectivity index (χ1v) is 8.66.